The SMILES string of the molecule is CC(=O)N1CCN(Cc2cc(F)cc(C(C)(C)C)c2)CC1. The summed E-state index contributed by atoms with van der Waals surface area (Å²) in [5.74, 6) is -0.0322. The first-order valence-electron chi connectivity index (χ1n) is 7.53. The Morgan fingerprint density at radius 3 is 2.29 bits per heavy atom. The van der Waals surface area contributed by atoms with Crippen LogP contribution in [0.3, 0.4) is 0 Å². The van der Waals surface area contributed by atoms with Crippen LogP contribution in [0.1, 0.15) is 38.8 Å². The number of benzene rings is 1. The van der Waals surface area contributed by atoms with E-state index in [1.54, 1.807) is 19.1 Å². The van der Waals surface area contributed by atoms with Crippen LogP contribution in [-0.4, -0.2) is 41.9 Å². The fourth-order valence-electron chi connectivity index (χ4n) is 2.65. The molecule has 0 bridgehead atoms. The molecule has 1 heterocycles. The molecule has 21 heavy (non-hydrogen) atoms. The molecule has 1 fully saturated rings. The Balaban J connectivity index is 2.04. The third kappa shape index (κ3) is 4.27. The van der Waals surface area contributed by atoms with Gasteiger partial charge in [0.15, 0.2) is 0 Å². The first-order valence-corrected chi connectivity index (χ1v) is 7.53. The summed E-state index contributed by atoms with van der Waals surface area (Å²) in [5, 5.41) is 0. The molecule has 116 valence electrons. The highest BCUT2D eigenvalue weighted by atomic mass is 19.1. The molecule has 0 aliphatic carbocycles. The minimum absolute atomic E-state index is 0.0514. The normalized spacial score (nSPS) is 17.1. The van der Waals surface area contributed by atoms with Crippen molar-refractivity contribution < 1.29 is 9.18 Å². The van der Waals surface area contributed by atoms with Gasteiger partial charge in [0.05, 0.1) is 0 Å². The van der Waals surface area contributed by atoms with E-state index >= 15 is 0 Å². The Morgan fingerprint density at radius 1 is 1.14 bits per heavy atom. The Labute approximate surface area is 126 Å². The molecule has 0 radical (unpaired) electrons. The average molecular weight is 292 g/mol. The van der Waals surface area contributed by atoms with Gasteiger partial charge < -0.3 is 4.90 Å². The molecule has 4 heteroatoms. The van der Waals surface area contributed by atoms with E-state index in [2.05, 4.69) is 31.7 Å². The molecule has 0 aromatic heterocycles. The summed E-state index contributed by atoms with van der Waals surface area (Å²) in [6, 6.07) is 5.34. The van der Waals surface area contributed by atoms with Crippen molar-refractivity contribution in [1.82, 2.24) is 9.80 Å². The third-order valence-corrected chi connectivity index (χ3v) is 4.05. The number of halogens is 1. The van der Waals surface area contributed by atoms with Gasteiger partial charge in [0.1, 0.15) is 5.82 Å². The highest BCUT2D eigenvalue weighted by molar-refractivity contribution is 5.73. The molecule has 0 unspecified atom stereocenters. The van der Waals surface area contributed by atoms with Gasteiger partial charge in [-0.2, -0.15) is 0 Å². The summed E-state index contributed by atoms with van der Waals surface area (Å²) in [6.07, 6.45) is 0. The Morgan fingerprint density at radius 2 is 1.76 bits per heavy atom. The molecular weight excluding hydrogens is 267 g/mol. The van der Waals surface area contributed by atoms with E-state index in [0.717, 1.165) is 43.9 Å². The maximum atomic E-state index is 13.8. The molecular formula is C17H25FN2O. The van der Waals surface area contributed by atoms with Gasteiger partial charge in [0.25, 0.3) is 0 Å². The monoisotopic (exact) mass is 292 g/mol. The fourth-order valence-corrected chi connectivity index (χ4v) is 2.65. The van der Waals surface area contributed by atoms with Crippen molar-refractivity contribution in [3.63, 3.8) is 0 Å². The van der Waals surface area contributed by atoms with Gasteiger partial charge >= 0.3 is 0 Å². The molecule has 2 rings (SSSR count). The maximum absolute atomic E-state index is 13.8. The number of hydrogen-bond acceptors (Lipinski definition) is 2. The van der Waals surface area contributed by atoms with E-state index in [-0.39, 0.29) is 17.1 Å². The molecule has 3 nitrogen and oxygen atoms in total. The van der Waals surface area contributed by atoms with Crippen LogP contribution in [0, 0.1) is 5.82 Å². The molecule has 0 saturated carbocycles. The van der Waals surface area contributed by atoms with Crippen molar-refractivity contribution in [2.45, 2.75) is 39.7 Å². The zero-order valence-electron chi connectivity index (χ0n) is 13.4. The number of nitrogens with zero attached hydrogens (tertiary/aromatic N) is 2. The largest absolute Gasteiger partial charge is 0.340 e. The first-order chi connectivity index (χ1) is 9.75. The average Bonchev–Trinajstić information content (AvgIpc) is 2.37. The smallest absolute Gasteiger partial charge is 0.219 e. The summed E-state index contributed by atoms with van der Waals surface area (Å²) in [4.78, 5) is 15.5. The zero-order chi connectivity index (χ0) is 15.6. The standard InChI is InChI=1S/C17H25FN2O/c1-13(21)20-7-5-19(6-8-20)12-14-9-15(17(2,3)4)11-16(18)10-14/h9-11H,5-8,12H2,1-4H3. The second-order valence-corrected chi connectivity index (χ2v) is 6.88. The quantitative estimate of drug-likeness (QED) is 0.837. The molecule has 1 aliphatic rings. The molecule has 1 saturated heterocycles. The van der Waals surface area contributed by atoms with E-state index in [0.29, 0.717) is 0 Å². The highest BCUT2D eigenvalue weighted by Crippen LogP contribution is 2.25. The lowest BCUT2D eigenvalue weighted by molar-refractivity contribution is -0.130. The summed E-state index contributed by atoms with van der Waals surface area (Å²) < 4.78 is 13.8. The summed E-state index contributed by atoms with van der Waals surface area (Å²) in [6.45, 7) is 11.9. The van der Waals surface area contributed by atoms with E-state index in [1.807, 2.05) is 4.90 Å². The third-order valence-electron chi connectivity index (χ3n) is 4.05. The van der Waals surface area contributed by atoms with E-state index in [9.17, 15) is 9.18 Å². The van der Waals surface area contributed by atoms with Crippen molar-refractivity contribution >= 4 is 5.91 Å². The molecule has 1 aliphatic heterocycles. The fraction of sp³-hybridized carbons (Fsp3) is 0.588. The number of hydrogen-bond donors (Lipinski definition) is 0. The van der Waals surface area contributed by atoms with Crippen LogP contribution in [-0.2, 0) is 16.8 Å². The Hall–Kier alpha value is -1.42. The van der Waals surface area contributed by atoms with Crippen molar-refractivity contribution in [2.24, 2.45) is 0 Å². The van der Waals surface area contributed by atoms with E-state index < -0.39 is 0 Å². The summed E-state index contributed by atoms with van der Waals surface area (Å²) in [5.41, 5.74) is 1.99. The van der Waals surface area contributed by atoms with Crippen LogP contribution < -0.4 is 0 Å². The van der Waals surface area contributed by atoms with Gasteiger partial charge in [-0.25, -0.2) is 4.39 Å². The minimum Gasteiger partial charge on any atom is -0.340 e. The molecule has 0 spiro atoms. The predicted octanol–water partition coefficient (Wildman–Crippen LogP) is 2.79. The van der Waals surface area contributed by atoms with Gasteiger partial charge in [-0.1, -0.05) is 26.8 Å². The lowest BCUT2D eigenvalue weighted by Crippen LogP contribution is -2.47. The Bertz CT molecular complexity index is 514. The molecule has 1 aromatic rings. The number of carbonyl (C=O) groups excluding carboxylic acids is 1. The van der Waals surface area contributed by atoms with Crippen molar-refractivity contribution in [3.8, 4) is 0 Å². The molecule has 1 amide bonds. The van der Waals surface area contributed by atoms with Crippen molar-refractivity contribution in [2.75, 3.05) is 26.2 Å². The maximum Gasteiger partial charge on any atom is 0.219 e. The zero-order valence-corrected chi connectivity index (χ0v) is 13.4. The molecule has 0 atom stereocenters. The topological polar surface area (TPSA) is 23.6 Å². The minimum atomic E-state index is -0.167. The molecule has 0 N–H and O–H groups in total. The van der Waals surface area contributed by atoms with Crippen LogP contribution in [0.4, 0.5) is 4.39 Å². The van der Waals surface area contributed by atoms with Crippen LogP contribution in [0.25, 0.3) is 0 Å². The van der Waals surface area contributed by atoms with Crippen LogP contribution in [0.2, 0.25) is 0 Å². The predicted molar refractivity (Wildman–Crippen MR) is 82.6 cm³/mol. The molecule has 1 aromatic carbocycles. The van der Waals surface area contributed by atoms with Crippen molar-refractivity contribution in [1.29, 1.82) is 0 Å². The number of amides is 1. The lowest BCUT2D eigenvalue weighted by Gasteiger charge is -2.34. The summed E-state index contributed by atoms with van der Waals surface area (Å²) >= 11 is 0. The van der Waals surface area contributed by atoms with E-state index in [4.69, 9.17) is 0 Å². The van der Waals surface area contributed by atoms with E-state index in [1.165, 1.54) is 0 Å². The van der Waals surface area contributed by atoms with Gasteiger partial charge in [0, 0.05) is 39.6 Å². The van der Waals surface area contributed by atoms with Gasteiger partial charge in [-0.3, -0.25) is 9.69 Å². The number of carbonyl (C=O) groups is 1. The van der Waals surface area contributed by atoms with Gasteiger partial charge in [-0.15, -0.1) is 0 Å². The lowest BCUT2D eigenvalue weighted by atomic mass is 9.86. The van der Waals surface area contributed by atoms with Crippen molar-refractivity contribution in [3.05, 3.63) is 35.1 Å². The Kier molecular flexibility index (Phi) is 4.67. The second-order valence-electron chi connectivity index (χ2n) is 6.88. The second kappa shape index (κ2) is 6.14. The highest BCUT2D eigenvalue weighted by Gasteiger charge is 2.20. The number of rotatable bonds is 2. The number of piperazine rings is 1. The first kappa shape index (κ1) is 16.0. The van der Waals surface area contributed by atoms with Crippen LogP contribution >= 0.6 is 0 Å². The van der Waals surface area contributed by atoms with Crippen LogP contribution in [0.5, 0.6) is 0 Å². The van der Waals surface area contributed by atoms with Crippen LogP contribution in [0.15, 0.2) is 18.2 Å². The van der Waals surface area contributed by atoms with Gasteiger partial charge in [-0.05, 0) is 28.7 Å². The summed E-state index contributed by atoms with van der Waals surface area (Å²) in [7, 11) is 0. The van der Waals surface area contributed by atoms with Gasteiger partial charge in [0.2, 0.25) is 5.91 Å².